The number of anilines is 1. The molecule has 0 radical (unpaired) electrons. The molecule has 1 aromatic carbocycles. The quantitative estimate of drug-likeness (QED) is 0.854. The second-order valence-electron chi connectivity index (χ2n) is 6.41. The molecule has 2 heterocycles. The minimum Gasteiger partial charge on any atom is -0.368 e. The first kappa shape index (κ1) is 17.4. The number of carbonyl (C=O) groups is 1. The average Bonchev–Trinajstić information content (AvgIpc) is 2.64. The Hall–Kier alpha value is -2.47. The van der Waals surface area contributed by atoms with Gasteiger partial charge in [-0.1, -0.05) is 18.2 Å². The van der Waals surface area contributed by atoms with Crippen molar-refractivity contribution in [3.05, 3.63) is 60.2 Å². The minimum atomic E-state index is -0.603. The SMILES string of the molecule is CN(C)[C@H](C(=O)N1CCN(c2ccncc2)CC1)c1ccccc1F. The molecule has 0 aliphatic carbocycles. The number of hydrogen-bond donors (Lipinski definition) is 0. The lowest BCUT2D eigenvalue weighted by atomic mass is 10.0. The van der Waals surface area contributed by atoms with E-state index < -0.39 is 6.04 Å². The summed E-state index contributed by atoms with van der Waals surface area (Å²) in [5.74, 6) is -0.394. The first-order valence-electron chi connectivity index (χ1n) is 8.42. The minimum absolute atomic E-state index is 0.0514. The highest BCUT2D eigenvalue weighted by molar-refractivity contribution is 5.83. The fraction of sp³-hybridized carbons (Fsp3) is 0.368. The van der Waals surface area contributed by atoms with Crippen molar-refractivity contribution in [2.45, 2.75) is 6.04 Å². The number of halogens is 1. The van der Waals surface area contributed by atoms with Crippen LogP contribution in [0.4, 0.5) is 10.1 Å². The Kier molecular flexibility index (Phi) is 5.28. The molecule has 1 amide bonds. The van der Waals surface area contributed by atoms with Gasteiger partial charge in [0.25, 0.3) is 0 Å². The summed E-state index contributed by atoms with van der Waals surface area (Å²) in [6.45, 7) is 2.76. The molecule has 1 aromatic heterocycles. The van der Waals surface area contributed by atoms with Crippen molar-refractivity contribution < 1.29 is 9.18 Å². The normalized spacial score (nSPS) is 16.2. The molecular formula is C19H23FN4O. The van der Waals surface area contributed by atoms with Crippen LogP contribution in [0.1, 0.15) is 11.6 Å². The summed E-state index contributed by atoms with van der Waals surface area (Å²) >= 11 is 0. The summed E-state index contributed by atoms with van der Waals surface area (Å²) in [6.07, 6.45) is 3.54. The monoisotopic (exact) mass is 342 g/mol. The number of nitrogens with zero attached hydrogens (tertiary/aromatic N) is 4. The molecule has 1 aliphatic heterocycles. The fourth-order valence-corrected chi connectivity index (χ4v) is 3.24. The summed E-state index contributed by atoms with van der Waals surface area (Å²) in [5, 5.41) is 0. The number of benzene rings is 1. The van der Waals surface area contributed by atoms with Crippen molar-refractivity contribution in [1.82, 2.24) is 14.8 Å². The topological polar surface area (TPSA) is 39.7 Å². The highest BCUT2D eigenvalue weighted by Gasteiger charge is 2.31. The van der Waals surface area contributed by atoms with Crippen LogP contribution in [0, 0.1) is 5.82 Å². The first-order valence-corrected chi connectivity index (χ1v) is 8.42. The third-order valence-corrected chi connectivity index (χ3v) is 4.57. The van der Waals surface area contributed by atoms with Gasteiger partial charge in [0.05, 0.1) is 0 Å². The zero-order chi connectivity index (χ0) is 17.8. The van der Waals surface area contributed by atoms with Crippen molar-refractivity contribution in [2.24, 2.45) is 0 Å². The summed E-state index contributed by atoms with van der Waals surface area (Å²) < 4.78 is 14.2. The third kappa shape index (κ3) is 3.79. The van der Waals surface area contributed by atoms with Crippen LogP contribution in [0.15, 0.2) is 48.8 Å². The second-order valence-corrected chi connectivity index (χ2v) is 6.41. The molecule has 6 heteroatoms. The van der Waals surface area contributed by atoms with Crippen LogP contribution in [0.2, 0.25) is 0 Å². The van der Waals surface area contributed by atoms with Gasteiger partial charge in [0.2, 0.25) is 5.91 Å². The molecule has 1 saturated heterocycles. The van der Waals surface area contributed by atoms with E-state index in [1.165, 1.54) is 6.07 Å². The molecule has 132 valence electrons. The maximum absolute atomic E-state index is 14.2. The Morgan fingerprint density at radius 3 is 2.32 bits per heavy atom. The standard InChI is InChI=1S/C19H23FN4O/c1-22(2)18(16-5-3-4-6-17(16)20)19(25)24-13-11-23(12-14-24)15-7-9-21-10-8-15/h3-10,18H,11-14H2,1-2H3/t18-/m0/s1. The van der Waals surface area contributed by atoms with E-state index in [0.29, 0.717) is 18.7 Å². The van der Waals surface area contributed by atoms with Crippen LogP contribution in [0.3, 0.4) is 0 Å². The second kappa shape index (κ2) is 7.61. The molecule has 1 atom stereocenters. The van der Waals surface area contributed by atoms with Crippen LogP contribution in [-0.4, -0.2) is 61.0 Å². The van der Waals surface area contributed by atoms with Gasteiger partial charge in [-0.2, -0.15) is 0 Å². The highest BCUT2D eigenvalue weighted by atomic mass is 19.1. The van der Waals surface area contributed by atoms with E-state index in [9.17, 15) is 9.18 Å². The largest absolute Gasteiger partial charge is 0.368 e. The number of carbonyl (C=O) groups excluding carboxylic acids is 1. The first-order chi connectivity index (χ1) is 12.1. The molecule has 5 nitrogen and oxygen atoms in total. The van der Waals surface area contributed by atoms with E-state index >= 15 is 0 Å². The molecule has 0 N–H and O–H groups in total. The molecule has 3 rings (SSSR count). The van der Waals surface area contributed by atoms with Crippen LogP contribution < -0.4 is 4.90 Å². The molecule has 2 aromatic rings. The Labute approximate surface area is 147 Å². The Balaban J connectivity index is 1.71. The predicted molar refractivity (Wildman–Crippen MR) is 95.9 cm³/mol. The smallest absolute Gasteiger partial charge is 0.244 e. The summed E-state index contributed by atoms with van der Waals surface area (Å²) in [6, 6.07) is 9.84. The van der Waals surface area contributed by atoms with Crippen molar-refractivity contribution in [1.29, 1.82) is 0 Å². The Bertz CT molecular complexity index is 714. The van der Waals surface area contributed by atoms with Crippen molar-refractivity contribution in [3.63, 3.8) is 0 Å². The average molecular weight is 342 g/mol. The number of aromatic nitrogens is 1. The van der Waals surface area contributed by atoms with Crippen LogP contribution in [-0.2, 0) is 4.79 Å². The molecule has 1 aliphatic rings. The predicted octanol–water partition coefficient (Wildman–Crippen LogP) is 2.17. The Morgan fingerprint density at radius 1 is 1.08 bits per heavy atom. The van der Waals surface area contributed by atoms with Gasteiger partial charge in [-0.05, 0) is 32.3 Å². The van der Waals surface area contributed by atoms with Crippen LogP contribution in [0.5, 0.6) is 0 Å². The third-order valence-electron chi connectivity index (χ3n) is 4.57. The number of rotatable bonds is 4. The number of amides is 1. The van der Waals surface area contributed by atoms with Gasteiger partial charge in [-0.25, -0.2) is 4.39 Å². The van der Waals surface area contributed by atoms with Crippen LogP contribution in [0.25, 0.3) is 0 Å². The summed E-state index contributed by atoms with van der Waals surface area (Å²) in [4.78, 5) is 22.9. The lowest BCUT2D eigenvalue weighted by Gasteiger charge is -2.38. The Morgan fingerprint density at radius 2 is 1.72 bits per heavy atom. The van der Waals surface area contributed by atoms with Gasteiger partial charge < -0.3 is 9.80 Å². The highest BCUT2D eigenvalue weighted by Crippen LogP contribution is 2.25. The van der Waals surface area contributed by atoms with Gasteiger partial charge in [-0.15, -0.1) is 0 Å². The van der Waals surface area contributed by atoms with Gasteiger partial charge in [0.15, 0.2) is 0 Å². The summed E-state index contributed by atoms with van der Waals surface area (Å²) in [7, 11) is 3.62. The lowest BCUT2D eigenvalue weighted by Crippen LogP contribution is -2.51. The van der Waals surface area contributed by atoms with E-state index in [1.54, 1.807) is 35.5 Å². The van der Waals surface area contributed by atoms with E-state index in [0.717, 1.165) is 18.8 Å². The number of pyridine rings is 1. The van der Waals surface area contributed by atoms with E-state index in [2.05, 4.69) is 9.88 Å². The van der Waals surface area contributed by atoms with Crippen molar-refractivity contribution in [3.8, 4) is 0 Å². The van der Waals surface area contributed by atoms with Gasteiger partial charge >= 0.3 is 0 Å². The molecule has 0 bridgehead atoms. The molecule has 0 saturated carbocycles. The van der Waals surface area contributed by atoms with Gasteiger partial charge in [0, 0.05) is 49.8 Å². The number of piperazine rings is 1. The summed E-state index contributed by atoms with van der Waals surface area (Å²) in [5.41, 5.74) is 1.54. The van der Waals surface area contributed by atoms with E-state index in [1.807, 2.05) is 31.1 Å². The van der Waals surface area contributed by atoms with E-state index in [4.69, 9.17) is 0 Å². The number of likely N-dealkylation sites (N-methyl/N-ethyl adjacent to an activating group) is 1. The van der Waals surface area contributed by atoms with Crippen molar-refractivity contribution in [2.75, 3.05) is 45.2 Å². The van der Waals surface area contributed by atoms with Crippen molar-refractivity contribution >= 4 is 11.6 Å². The molecule has 0 unspecified atom stereocenters. The van der Waals surface area contributed by atoms with E-state index in [-0.39, 0.29) is 11.7 Å². The van der Waals surface area contributed by atoms with Gasteiger partial charge in [0.1, 0.15) is 11.9 Å². The van der Waals surface area contributed by atoms with Crippen LogP contribution >= 0.6 is 0 Å². The molecule has 25 heavy (non-hydrogen) atoms. The molecule has 0 spiro atoms. The number of hydrogen-bond acceptors (Lipinski definition) is 4. The zero-order valence-electron chi connectivity index (χ0n) is 14.6. The maximum atomic E-state index is 14.2. The maximum Gasteiger partial charge on any atom is 0.244 e. The fourth-order valence-electron chi connectivity index (χ4n) is 3.24. The molecular weight excluding hydrogens is 319 g/mol. The molecule has 1 fully saturated rings. The lowest BCUT2D eigenvalue weighted by molar-refractivity contribution is -0.136. The van der Waals surface area contributed by atoms with Gasteiger partial charge in [-0.3, -0.25) is 14.7 Å². The zero-order valence-corrected chi connectivity index (χ0v) is 14.6.